The van der Waals surface area contributed by atoms with Gasteiger partial charge in [-0.25, -0.2) is 4.79 Å². The molecule has 0 unspecified atom stereocenters. The lowest BCUT2D eigenvalue weighted by Crippen LogP contribution is -2.35. The number of nitrogens with two attached hydrogens (primary N) is 1. The molecular formula is C31H37F3N2O4. The van der Waals surface area contributed by atoms with E-state index in [1.807, 2.05) is 25.1 Å². The minimum absolute atomic E-state index is 0.0000676. The minimum Gasteiger partial charge on any atom is -0.496 e. The van der Waals surface area contributed by atoms with Crippen molar-refractivity contribution in [2.45, 2.75) is 78.1 Å². The molecule has 2 aromatic rings. The van der Waals surface area contributed by atoms with Crippen LogP contribution in [0.15, 0.2) is 42.0 Å². The van der Waals surface area contributed by atoms with Crippen LogP contribution in [0.3, 0.4) is 0 Å². The molecule has 2 atom stereocenters. The highest BCUT2D eigenvalue weighted by Gasteiger charge is 2.42. The van der Waals surface area contributed by atoms with Crippen molar-refractivity contribution in [2.24, 2.45) is 11.1 Å². The molecule has 2 N–H and O–H groups in total. The molecule has 1 heterocycles. The van der Waals surface area contributed by atoms with Gasteiger partial charge >= 0.3 is 12.3 Å². The predicted molar refractivity (Wildman–Crippen MR) is 147 cm³/mol. The van der Waals surface area contributed by atoms with Gasteiger partial charge in [0.25, 0.3) is 0 Å². The second-order valence-electron chi connectivity index (χ2n) is 11.7. The zero-order valence-corrected chi connectivity index (χ0v) is 23.7. The Labute approximate surface area is 233 Å². The molecule has 2 aromatic carbocycles. The van der Waals surface area contributed by atoms with E-state index in [1.54, 1.807) is 25.0 Å². The molecule has 1 aliphatic heterocycles. The number of methoxy groups -OCH3 is 1. The first-order valence-corrected chi connectivity index (χ1v) is 13.5. The fourth-order valence-electron chi connectivity index (χ4n) is 5.81. The van der Waals surface area contributed by atoms with E-state index in [1.165, 1.54) is 0 Å². The topological polar surface area (TPSA) is 81.9 Å². The number of amides is 2. The molecule has 9 heteroatoms. The number of benzene rings is 2. The van der Waals surface area contributed by atoms with Crippen LogP contribution in [0, 0.1) is 12.3 Å². The summed E-state index contributed by atoms with van der Waals surface area (Å²) in [6.07, 6.45) is -2.68. The molecule has 0 aromatic heterocycles. The summed E-state index contributed by atoms with van der Waals surface area (Å²) in [5.74, 6) is 0.327. The summed E-state index contributed by atoms with van der Waals surface area (Å²) >= 11 is 0. The number of alkyl halides is 3. The van der Waals surface area contributed by atoms with E-state index in [2.05, 4.69) is 13.8 Å². The van der Waals surface area contributed by atoms with Gasteiger partial charge < -0.3 is 15.2 Å². The first-order chi connectivity index (χ1) is 18.7. The van der Waals surface area contributed by atoms with Crippen molar-refractivity contribution in [1.82, 2.24) is 4.90 Å². The van der Waals surface area contributed by atoms with Gasteiger partial charge in [0, 0.05) is 18.5 Å². The number of rotatable bonds is 8. The summed E-state index contributed by atoms with van der Waals surface area (Å²) in [5.41, 5.74) is 9.40. The van der Waals surface area contributed by atoms with Crippen molar-refractivity contribution in [3.8, 4) is 5.75 Å². The number of primary amides is 1. The van der Waals surface area contributed by atoms with E-state index in [4.69, 9.17) is 15.2 Å². The molecule has 216 valence electrons. The Hall–Kier alpha value is -3.49. The van der Waals surface area contributed by atoms with Crippen molar-refractivity contribution in [1.29, 1.82) is 0 Å². The zero-order valence-electron chi connectivity index (χ0n) is 23.7. The van der Waals surface area contributed by atoms with Gasteiger partial charge in [-0.2, -0.15) is 13.2 Å². The van der Waals surface area contributed by atoms with Gasteiger partial charge in [-0.05, 0) is 91.5 Å². The van der Waals surface area contributed by atoms with Gasteiger partial charge in [-0.15, -0.1) is 0 Å². The Kier molecular flexibility index (Phi) is 8.24. The van der Waals surface area contributed by atoms with Crippen LogP contribution in [-0.4, -0.2) is 36.6 Å². The molecule has 0 spiro atoms. The minimum atomic E-state index is -4.50. The lowest BCUT2D eigenvalue weighted by molar-refractivity contribution is -0.137. The smallest absolute Gasteiger partial charge is 0.416 e. The largest absolute Gasteiger partial charge is 0.496 e. The van der Waals surface area contributed by atoms with Crippen LogP contribution in [0.5, 0.6) is 5.75 Å². The van der Waals surface area contributed by atoms with Crippen LogP contribution in [0.4, 0.5) is 18.0 Å². The number of hydrogen-bond donors (Lipinski definition) is 1. The molecule has 2 aliphatic rings. The number of hydrogen-bond acceptors (Lipinski definition) is 4. The highest BCUT2D eigenvalue weighted by molar-refractivity contribution is 5.77. The van der Waals surface area contributed by atoms with Gasteiger partial charge in [0.15, 0.2) is 0 Å². The van der Waals surface area contributed by atoms with E-state index < -0.39 is 30.0 Å². The Balaban J connectivity index is 1.70. The first kappa shape index (κ1) is 29.5. The van der Waals surface area contributed by atoms with Crippen LogP contribution in [0.1, 0.15) is 80.4 Å². The Bertz CT molecular complexity index is 1330. The van der Waals surface area contributed by atoms with Gasteiger partial charge in [-0.1, -0.05) is 31.5 Å². The average Bonchev–Trinajstić information content (AvgIpc) is 3.14. The van der Waals surface area contributed by atoms with Crippen LogP contribution < -0.4 is 10.5 Å². The highest BCUT2D eigenvalue weighted by Crippen LogP contribution is 2.46. The predicted octanol–water partition coefficient (Wildman–Crippen LogP) is 6.99. The van der Waals surface area contributed by atoms with Crippen molar-refractivity contribution in [2.75, 3.05) is 13.7 Å². The summed E-state index contributed by atoms with van der Waals surface area (Å²) in [6, 6.07) is 9.16. The first-order valence-electron chi connectivity index (χ1n) is 13.5. The highest BCUT2D eigenvalue weighted by atomic mass is 19.4. The van der Waals surface area contributed by atoms with Crippen molar-refractivity contribution < 1.29 is 32.2 Å². The van der Waals surface area contributed by atoms with E-state index in [0.29, 0.717) is 29.8 Å². The molecular weight excluding hydrogens is 521 g/mol. The number of ether oxygens (including phenoxy) is 2. The lowest BCUT2D eigenvalue weighted by Gasteiger charge is -2.36. The van der Waals surface area contributed by atoms with Gasteiger partial charge in [-0.3, -0.25) is 9.69 Å². The monoisotopic (exact) mass is 558 g/mol. The van der Waals surface area contributed by atoms with Gasteiger partial charge in [0.2, 0.25) is 5.91 Å². The molecule has 4 rings (SSSR count). The fourth-order valence-corrected chi connectivity index (χ4v) is 5.81. The van der Waals surface area contributed by atoms with E-state index in [9.17, 15) is 22.8 Å². The average molecular weight is 559 g/mol. The van der Waals surface area contributed by atoms with Crippen LogP contribution >= 0.6 is 0 Å². The van der Waals surface area contributed by atoms with Gasteiger partial charge in [0.1, 0.15) is 11.9 Å². The number of allylic oxidation sites excluding steroid dienone is 1. The maximum Gasteiger partial charge on any atom is 0.416 e. The number of nitrogens with zero attached hydrogens (tertiary/aromatic N) is 1. The van der Waals surface area contributed by atoms with Gasteiger partial charge in [0.05, 0.1) is 18.7 Å². The molecule has 1 saturated heterocycles. The van der Waals surface area contributed by atoms with Crippen molar-refractivity contribution >= 4 is 17.6 Å². The van der Waals surface area contributed by atoms with Crippen molar-refractivity contribution in [3.05, 3.63) is 69.8 Å². The molecule has 2 amide bonds. The molecule has 0 saturated carbocycles. The standard InChI is InChI=1S/C31H37F3N2O4/c1-18-12-21(15-23(13-18)31(32,33)34)28-19(2)36(29(38)40-28)17-22-16-30(3,4)11-10-24(22)25-14-20(7-9-27(35)37)6-8-26(25)39-5/h6,8,12-15,19,28H,7,9-11,16-17H2,1-5H3,(H2,35,37)/t19-,28-/m0/s1. The molecule has 0 bridgehead atoms. The molecule has 40 heavy (non-hydrogen) atoms. The number of carbonyl (C=O) groups excluding carboxylic acids is 2. The Morgan fingerprint density at radius 3 is 2.58 bits per heavy atom. The maximum atomic E-state index is 13.5. The third kappa shape index (κ3) is 6.45. The second kappa shape index (κ2) is 11.2. The molecule has 6 nitrogen and oxygen atoms in total. The summed E-state index contributed by atoms with van der Waals surface area (Å²) in [4.78, 5) is 26.1. The summed E-state index contributed by atoms with van der Waals surface area (Å²) < 4.78 is 51.8. The summed E-state index contributed by atoms with van der Waals surface area (Å²) in [7, 11) is 1.61. The number of halogens is 3. The molecule has 0 radical (unpaired) electrons. The fraction of sp³-hybridized carbons (Fsp3) is 0.484. The lowest BCUT2D eigenvalue weighted by atomic mass is 9.72. The summed E-state index contributed by atoms with van der Waals surface area (Å²) in [5, 5.41) is 0. The Morgan fingerprint density at radius 2 is 1.93 bits per heavy atom. The number of carbonyl (C=O) groups is 2. The second-order valence-corrected chi connectivity index (χ2v) is 11.7. The van der Waals surface area contributed by atoms with E-state index in [0.717, 1.165) is 53.7 Å². The van der Waals surface area contributed by atoms with Crippen LogP contribution in [0.2, 0.25) is 0 Å². The SMILES string of the molecule is COc1ccc(CCC(N)=O)cc1C1=C(CN2C(=O)O[C@H](c3cc(C)cc(C(F)(F)F)c3)[C@@H]2C)CC(C)(C)CC1. The third-order valence-electron chi connectivity index (χ3n) is 7.93. The Morgan fingerprint density at radius 1 is 1.20 bits per heavy atom. The number of cyclic esters (lactones) is 1. The zero-order chi connectivity index (χ0) is 29.4. The van der Waals surface area contributed by atoms with Crippen molar-refractivity contribution in [3.63, 3.8) is 0 Å². The molecule has 1 fully saturated rings. The third-order valence-corrected chi connectivity index (χ3v) is 7.93. The number of aryl methyl sites for hydroxylation is 2. The van der Waals surface area contributed by atoms with E-state index in [-0.39, 0.29) is 17.7 Å². The van der Waals surface area contributed by atoms with Crippen LogP contribution in [0.25, 0.3) is 5.57 Å². The summed E-state index contributed by atoms with van der Waals surface area (Å²) in [6.45, 7) is 8.07. The maximum absolute atomic E-state index is 13.5. The quantitative estimate of drug-likeness (QED) is 0.379. The molecule has 1 aliphatic carbocycles. The van der Waals surface area contributed by atoms with Crippen LogP contribution in [-0.2, 0) is 22.1 Å². The van der Waals surface area contributed by atoms with E-state index >= 15 is 0 Å². The normalized spacial score (nSPS) is 21.0.